The standard InChI is InChI=1S/C13H14O4/c1-17-13(16)8-6-11-4-2-3-10(9-11)5-7-12(14)15/h2-5,7,9H,6,8H2,1H3,(H,14,15). The Labute approximate surface area is 99.5 Å². The third-order valence-electron chi connectivity index (χ3n) is 2.21. The molecule has 0 aliphatic rings. The van der Waals surface area contributed by atoms with Crippen molar-refractivity contribution in [3.63, 3.8) is 0 Å². The molecule has 0 saturated carbocycles. The highest BCUT2D eigenvalue weighted by atomic mass is 16.5. The maximum absolute atomic E-state index is 11.0. The van der Waals surface area contributed by atoms with Gasteiger partial charge >= 0.3 is 11.9 Å². The quantitative estimate of drug-likeness (QED) is 0.624. The van der Waals surface area contributed by atoms with Crippen molar-refractivity contribution >= 4 is 18.0 Å². The Hall–Kier alpha value is -2.10. The molecule has 0 heterocycles. The molecule has 0 spiro atoms. The zero-order valence-corrected chi connectivity index (χ0v) is 9.55. The third-order valence-corrected chi connectivity index (χ3v) is 2.21. The highest BCUT2D eigenvalue weighted by Crippen LogP contribution is 2.09. The van der Waals surface area contributed by atoms with Crippen LogP contribution in [-0.2, 0) is 20.7 Å². The Morgan fingerprint density at radius 1 is 1.41 bits per heavy atom. The summed E-state index contributed by atoms with van der Waals surface area (Å²) in [4.78, 5) is 21.3. The Balaban J connectivity index is 2.65. The summed E-state index contributed by atoms with van der Waals surface area (Å²) >= 11 is 0. The van der Waals surface area contributed by atoms with Crippen LogP contribution in [0.3, 0.4) is 0 Å². The predicted molar refractivity (Wildman–Crippen MR) is 63.4 cm³/mol. The summed E-state index contributed by atoms with van der Waals surface area (Å²) in [5.41, 5.74) is 1.78. The topological polar surface area (TPSA) is 63.6 Å². The predicted octanol–water partition coefficient (Wildman–Crippen LogP) is 1.89. The molecule has 0 radical (unpaired) electrons. The molecule has 0 bridgehead atoms. The number of aryl methyl sites for hydroxylation is 1. The molecule has 0 aromatic heterocycles. The Morgan fingerprint density at radius 3 is 2.82 bits per heavy atom. The van der Waals surface area contributed by atoms with Crippen molar-refractivity contribution in [2.24, 2.45) is 0 Å². The van der Waals surface area contributed by atoms with Crippen LogP contribution in [0.25, 0.3) is 6.08 Å². The molecule has 0 amide bonds. The van der Waals surface area contributed by atoms with E-state index >= 15 is 0 Å². The summed E-state index contributed by atoms with van der Waals surface area (Å²) in [5, 5.41) is 8.50. The number of carboxylic acid groups (broad SMARTS) is 1. The van der Waals surface area contributed by atoms with Crippen LogP contribution >= 0.6 is 0 Å². The summed E-state index contributed by atoms with van der Waals surface area (Å²) in [6.07, 6.45) is 3.51. The molecule has 17 heavy (non-hydrogen) atoms. The molecule has 0 fully saturated rings. The maximum atomic E-state index is 11.0. The van der Waals surface area contributed by atoms with E-state index in [1.807, 2.05) is 18.2 Å². The van der Waals surface area contributed by atoms with Crippen LogP contribution in [0.2, 0.25) is 0 Å². The second kappa shape index (κ2) is 6.48. The maximum Gasteiger partial charge on any atom is 0.328 e. The lowest BCUT2D eigenvalue weighted by Crippen LogP contribution is -2.01. The van der Waals surface area contributed by atoms with Crippen molar-refractivity contribution < 1.29 is 19.4 Å². The third kappa shape index (κ3) is 4.97. The van der Waals surface area contributed by atoms with Crippen LogP contribution in [0.5, 0.6) is 0 Å². The molecule has 0 saturated heterocycles. The molecule has 1 rings (SSSR count). The van der Waals surface area contributed by atoms with E-state index in [9.17, 15) is 9.59 Å². The van der Waals surface area contributed by atoms with Crippen LogP contribution < -0.4 is 0 Å². The van der Waals surface area contributed by atoms with Crippen LogP contribution in [0, 0.1) is 0 Å². The largest absolute Gasteiger partial charge is 0.478 e. The van der Waals surface area contributed by atoms with Crippen molar-refractivity contribution in [2.75, 3.05) is 7.11 Å². The molecule has 0 unspecified atom stereocenters. The van der Waals surface area contributed by atoms with Gasteiger partial charge in [-0.05, 0) is 23.6 Å². The Morgan fingerprint density at radius 2 is 2.18 bits per heavy atom. The lowest BCUT2D eigenvalue weighted by atomic mass is 10.1. The molecular weight excluding hydrogens is 220 g/mol. The average Bonchev–Trinajstić information content (AvgIpc) is 2.34. The van der Waals surface area contributed by atoms with E-state index in [2.05, 4.69) is 4.74 Å². The van der Waals surface area contributed by atoms with E-state index in [4.69, 9.17) is 5.11 Å². The SMILES string of the molecule is COC(=O)CCc1cccc(C=CC(=O)O)c1. The van der Waals surface area contributed by atoms with Gasteiger partial charge in [0.1, 0.15) is 0 Å². The van der Waals surface area contributed by atoms with Gasteiger partial charge in [-0.1, -0.05) is 24.3 Å². The highest BCUT2D eigenvalue weighted by Gasteiger charge is 2.01. The van der Waals surface area contributed by atoms with Crippen molar-refractivity contribution in [1.29, 1.82) is 0 Å². The number of aliphatic carboxylic acids is 1. The number of methoxy groups -OCH3 is 1. The zero-order valence-electron chi connectivity index (χ0n) is 9.55. The van der Waals surface area contributed by atoms with E-state index < -0.39 is 5.97 Å². The van der Waals surface area contributed by atoms with Gasteiger partial charge in [0.15, 0.2) is 0 Å². The second-order valence-electron chi connectivity index (χ2n) is 3.49. The van der Waals surface area contributed by atoms with Crippen LogP contribution in [0.4, 0.5) is 0 Å². The number of hydrogen-bond donors (Lipinski definition) is 1. The van der Waals surface area contributed by atoms with Crippen molar-refractivity contribution in [3.05, 3.63) is 41.5 Å². The van der Waals surface area contributed by atoms with Crippen molar-refractivity contribution in [2.45, 2.75) is 12.8 Å². The molecule has 1 aromatic rings. The molecule has 1 aromatic carbocycles. The lowest BCUT2D eigenvalue weighted by Gasteiger charge is -2.01. The number of benzene rings is 1. The number of carbonyl (C=O) groups excluding carboxylic acids is 1. The second-order valence-corrected chi connectivity index (χ2v) is 3.49. The first-order chi connectivity index (χ1) is 8.11. The molecule has 4 nitrogen and oxygen atoms in total. The van der Waals surface area contributed by atoms with Crippen molar-refractivity contribution in [3.8, 4) is 0 Å². The molecule has 0 atom stereocenters. The summed E-state index contributed by atoms with van der Waals surface area (Å²) in [7, 11) is 1.36. The van der Waals surface area contributed by atoms with Gasteiger partial charge in [0.05, 0.1) is 7.11 Å². The van der Waals surface area contributed by atoms with Crippen LogP contribution in [0.15, 0.2) is 30.3 Å². The van der Waals surface area contributed by atoms with E-state index in [-0.39, 0.29) is 5.97 Å². The zero-order chi connectivity index (χ0) is 12.7. The monoisotopic (exact) mass is 234 g/mol. The van der Waals surface area contributed by atoms with Gasteiger partial charge in [0.25, 0.3) is 0 Å². The van der Waals surface area contributed by atoms with Crippen LogP contribution in [-0.4, -0.2) is 24.2 Å². The van der Waals surface area contributed by atoms with E-state index in [1.54, 1.807) is 6.07 Å². The summed E-state index contributed by atoms with van der Waals surface area (Å²) in [6.45, 7) is 0. The molecule has 90 valence electrons. The molecular formula is C13H14O4. The first-order valence-electron chi connectivity index (χ1n) is 5.18. The first kappa shape index (κ1) is 13.0. The minimum Gasteiger partial charge on any atom is -0.478 e. The first-order valence-corrected chi connectivity index (χ1v) is 5.18. The number of ether oxygens (including phenoxy) is 1. The van der Waals surface area contributed by atoms with Gasteiger partial charge in [-0.15, -0.1) is 0 Å². The average molecular weight is 234 g/mol. The fourth-order valence-electron chi connectivity index (χ4n) is 1.37. The van der Waals surface area contributed by atoms with Gasteiger partial charge in [0, 0.05) is 12.5 Å². The van der Waals surface area contributed by atoms with Crippen molar-refractivity contribution in [1.82, 2.24) is 0 Å². The highest BCUT2D eigenvalue weighted by molar-refractivity contribution is 5.85. The molecule has 0 aliphatic heterocycles. The lowest BCUT2D eigenvalue weighted by molar-refractivity contribution is -0.140. The van der Waals surface area contributed by atoms with Gasteiger partial charge in [-0.2, -0.15) is 0 Å². The number of esters is 1. The Bertz CT molecular complexity index is 435. The summed E-state index contributed by atoms with van der Waals surface area (Å²) < 4.78 is 4.55. The van der Waals surface area contributed by atoms with Crippen LogP contribution in [0.1, 0.15) is 17.5 Å². The van der Waals surface area contributed by atoms with Gasteiger partial charge in [0.2, 0.25) is 0 Å². The number of rotatable bonds is 5. The minimum atomic E-state index is -0.982. The van der Waals surface area contributed by atoms with E-state index in [1.165, 1.54) is 13.2 Å². The number of hydrogen-bond acceptors (Lipinski definition) is 3. The fraction of sp³-hybridized carbons (Fsp3) is 0.231. The number of carboxylic acids is 1. The van der Waals surface area contributed by atoms with Gasteiger partial charge in [-0.3, -0.25) is 4.79 Å². The Kier molecular flexibility index (Phi) is 4.94. The fourth-order valence-corrected chi connectivity index (χ4v) is 1.37. The number of carbonyl (C=O) groups is 2. The molecule has 4 heteroatoms. The van der Waals surface area contributed by atoms with Gasteiger partial charge in [-0.25, -0.2) is 4.79 Å². The summed E-state index contributed by atoms with van der Waals surface area (Å²) in [5.74, 6) is -1.23. The summed E-state index contributed by atoms with van der Waals surface area (Å²) in [6, 6.07) is 7.37. The smallest absolute Gasteiger partial charge is 0.328 e. The minimum absolute atomic E-state index is 0.253. The molecule has 0 aliphatic carbocycles. The normalized spacial score (nSPS) is 10.4. The van der Waals surface area contributed by atoms with Gasteiger partial charge < -0.3 is 9.84 Å². The van der Waals surface area contributed by atoms with E-state index in [0.29, 0.717) is 12.8 Å². The van der Waals surface area contributed by atoms with E-state index in [0.717, 1.165) is 17.2 Å². The molecule has 1 N–H and O–H groups in total.